The van der Waals surface area contributed by atoms with Crippen molar-refractivity contribution in [3.05, 3.63) is 0 Å². The molecule has 0 saturated carbocycles. The zero-order valence-electron chi connectivity index (χ0n) is 11.8. The molecule has 1 rings (SSSR count). The molecule has 0 aliphatic carbocycles. The van der Waals surface area contributed by atoms with Gasteiger partial charge in [0.15, 0.2) is 0 Å². The molecular weight excluding hydrogens is 194 g/mol. The highest BCUT2D eigenvalue weighted by atomic mass is 15.1. The molecule has 0 radical (unpaired) electrons. The SMILES string of the molecule is CC(C)CC1CCCCCN(C(C)C)CC1. The van der Waals surface area contributed by atoms with Crippen LogP contribution in [-0.4, -0.2) is 24.0 Å². The van der Waals surface area contributed by atoms with Gasteiger partial charge < -0.3 is 4.90 Å². The molecule has 1 fully saturated rings. The molecule has 1 aliphatic rings. The Bertz CT molecular complexity index is 174. The van der Waals surface area contributed by atoms with Crippen molar-refractivity contribution in [1.82, 2.24) is 4.90 Å². The van der Waals surface area contributed by atoms with Gasteiger partial charge in [-0.25, -0.2) is 0 Å². The molecule has 1 aliphatic heterocycles. The lowest BCUT2D eigenvalue weighted by Crippen LogP contribution is -2.33. The van der Waals surface area contributed by atoms with Crippen LogP contribution in [0.3, 0.4) is 0 Å². The molecule has 16 heavy (non-hydrogen) atoms. The first-order valence-corrected chi connectivity index (χ1v) is 7.33. The summed E-state index contributed by atoms with van der Waals surface area (Å²) in [5.74, 6) is 1.86. The second-order valence-corrected chi connectivity index (χ2v) is 6.26. The van der Waals surface area contributed by atoms with Crippen LogP contribution in [0.15, 0.2) is 0 Å². The summed E-state index contributed by atoms with van der Waals surface area (Å²) in [7, 11) is 0. The average molecular weight is 225 g/mol. The van der Waals surface area contributed by atoms with Crippen LogP contribution in [0.4, 0.5) is 0 Å². The fourth-order valence-corrected chi connectivity index (χ4v) is 2.95. The van der Waals surface area contributed by atoms with Gasteiger partial charge in [0.1, 0.15) is 0 Å². The first-order chi connectivity index (χ1) is 7.59. The molecule has 1 heteroatoms. The zero-order valence-corrected chi connectivity index (χ0v) is 11.8. The standard InChI is InChI=1S/C15H31N/c1-13(2)12-15-8-6-5-7-10-16(11-9-15)14(3)4/h13-15H,5-12H2,1-4H3. The third-order valence-electron chi connectivity index (χ3n) is 3.92. The number of rotatable bonds is 3. The molecule has 1 atom stereocenters. The summed E-state index contributed by atoms with van der Waals surface area (Å²) in [6.45, 7) is 12.1. The van der Waals surface area contributed by atoms with E-state index in [1.165, 1.54) is 51.6 Å². The molecule has 0 amide bonds. The van der Waals surface area contributed by atoms with Gasteiger partial charge in [-0.05, 0) is 58.0 Å². The molecule has 1 nitrogen and oxygen atoms in total. The quantitative estimate of drug-likeness (QED) is 0.691. The summed E-state index contributed by atoms with van der Waals surface area (Å²) in [5.41, 5.74) is 0. The Morgan fingerprint density at radius 2 is 1.69 bits per heavy atom. The summed E-state index contributed by atoms with van der Waals surface area (Å²) < 4.78 is 0. The van der Waals surface area contributed by atoms with Crippen LogP contribution in [0, 0.1) is 11.8 Å². The molecule has 1 saturated heterocycles. The molecule has 0 aromatic rings. The Balaban J connectivity index is 2.43. The van der Waals surface area contributed by atoms with E-state index in [4.69, 9.17) is 0 Å². The predicted octanol–water partition coefficient (Wildman–Crippen LogP) is 4.32. The van der Waals surface area contributed by atoms with E-state index >= 15 is 0 Å². The number of hydrogen-bond donors (Lipinski definition) is 0. The minimum atomic E-state index is 0.734. The second-order valence-electron chi connectivity index (χ2n) is 6.26. The van der Waals surface area contributed by atoms with Crippen molar-refractivity contribution in [3.8, 4) is 0 Å². The van der Waals surface area contributed by atoms with Crippen LogP contribution < -0.4 is 0 Å². The summed E-state index contributed by atoms with van der Waals surface area (Å²) in [4.78, 5) is 2.68. The van der Waals surface area contributed by atoms with Crippen molar-refractivity contribution < 1.29 is 0 Å². The molecule has 96 valence electrons. The van der Waals surface area contributed by atoms with Crippen molar-refractivity contribution in [3.63, 3.8) is 0 Å². The molecule has 0 aromatic heterocycles. The Morgan fingerprint density at radius 1 is 0.938 bits per heavy atom. The summed E-state index contributed by atoms with van der Waals surface area (Å²) in [5, 5.41) is 0. The predicted molar refractivity (Wildman–Crippen MR) is 72.7 cm³/mol. The molecule has 0 N–H and O–H groups in total. The Labute approximate surface area is 103 Å². The second kappa shape index (κ2) is 7.32. The third-order valence-corrected chi connectivity index (χ3v) is 3.92. The van der Waals surface area contributed by atoms with E-state index in [9.17, 15) is 0 Å². The van der Waals surface area contributed by atoms with E-state index in [2.05, 4.69) is 32.6 Å². The number of hydrogen-bond acceptors (Lipinski definition) is 1. The average Bonchev–Trinajstić information content (AvgIpc) is 2.29. The van der Waals surface area contributed by atoms with Crippen LogP contribution in [0.5, 0.6) is 0 Å². The van der Waals surface area contributed by atoms with Crippen LogP contribution in [-0.2, 0) is 0 Å². The van der Waals surface area contributed by atoms with E-state index in [0.717, 1.165) is 17.9 Å². The minimum Gasteiger partial charge on any atom is -0.301 e. The van der Waals surface area contributed by atoms with Crippen molar-refractivity contribution >= 4 is 0 Å². The molecule has 0 spiro atoms. The normalized spacial score (nSPS) is 25.5. The molecule has 1 unspecified atom stereocenters. The Hall–Kier alpha value is -0.0400. The largest absolute Gasteiger partial charge is 0.301 e. The zero-order chi connectivity index (χ0) is 12.0. The van der Waals surface area contributed by atoms with Crippen molar-refractivity contribution in [1.29, 1.82) is 0 Å². The summed E-state index contributed by atoms with van der Waals surface area (Å²) in [6, 6.07) is 0.734. The summed E-state index contributed by atoms with van der Waals surface area (Å²) >= 11 is 0. The monoisotopic (exact) mass is 225 g/mol. The lowest BCUT2D eigenvalue weighted by atomic mass is 9.89. The Kier molecular flexibility index (Phi) is 6.41. The number of nitrogens with zero attached hydrogens (tertiary/aromatic N) is 1. The van der Waals surface area contributed by atoms with Gasteiger partial charge in [0.2, 0.25) is 0 Å². The van der Waals surface area contributed by atoms with Crippen molar-refractivity contribution in [2.75, 3.05) is 13.1 Å². The molecular formula is C15H31N. The molecule has 0 bridgehead atoms. The van der Waals surface area contributed by atoms with E-state index in [1.54, 1.807) is 0 Å². The van der Waals surface area contributed by atoms with E-state index < -0.39 is 0 Å². The first-order valence-electron chi connectivity index (χ1n) is 7.33. The van der Waals surface area contributed by atoms with E-state index in [-0.39, 0.29) is 0 Å². The van der Waals surface area contributed by atoms with Gasteiger partial charge >= 0.3 is 0 Å². The fourth-order valence-electron chi connectivity index (χ4n) is 2.95. The highest BCUT2D eigenvalue weighted by Gasteiger charge is 2.16. The maximum atomic E-state index is 2.68. The van der Waals surface area contributed by atoms with Gasteiger partial charge in [-0.15, -0.1) is 0 Å². The van der Waals surface area contributed by atoms with Gasteiger partial charge in [-0.2, -0.15) is 0 Å². The van der Waals surface area contributed by atoms with Gasteiger partial charge in [0.05, 0.1) is 0 Å². The van der Waals surface area contributed by atoms with E-state index in [0.29, 0.717) is 0 Å². The highest BCUT2D eigenvalue weighted by molar-refractivity contribution is 4.70. The van der Waals surface area contributed by atoms with Crippen LogP contribution in [0.2, 0.25) is 0 Å². The maximum absolute atomic E-state index is 2.68. The van der Waals surface area contributed by atoms with Crippen LogP contribution >= 0.6 is 0 Å². The third kappa shape index (κ3) is 5.34. The van der Waals surface area contributed by atoms with Gasteiger partial charge in [-0.3, -0.25) is 0 Å². The van der Waals surface area contributed by atoms with Crippen molar-refractivity contribution in [2.45, 2.75) is 72.3 Å². The fraction of sp³-hybridized carbons (Fsp3) is 1.00. The lowest BCUT2D eigenvalue weighted by molar-refractivity contribution is 0.203. The van der Waals surface area contributed by atoms with Gasteiger partial charge in [-0.1, -0.05) is 33.1 Å². The smallest absolute Gasteiger partial charge is 0.00385 e. The molecule has 1 heterocycles. The highest BCUT2D eigenvalue weighted by Crippen LogP contribution is 2.24. The minimum absolute atomic E-state index is 0.734. The Morgan fingerprint density at radius 3 is 2.31 bits per heavy atom. The topological polar surface area (TPSA) is 3.24 Å². The van der Waals surface area contributed by atoms with Gasteiger partial charge in [0, 0.05) is 6.04 Å². The van der Waals surface area contributed by atoms with Crippen molar-refractivity contribution in [2.24, 2.45) is 11.8 Å². The van der Waals surface area contributed by atoms with Crippen LogP contribution in [0.25, 0.3) is 0 Å². The summed E-state index contributed by atoms with van der Waals surface area (Å²) in [6.07, 6.45) is 8.65. The lowest BCUT2D eigenvalue weighted by Gasteiger charge is -2.27. The first kappa shape index (κ1) is 14.0. The van der Waals surface area contributed by atoms with Crippen LogP contribution in [0.1, 0.15) is 66.2 Å². The van der Waals surface area contributed by atoms with Gasteiger partial charge in [0.25, 0.3) is 0 Å². The maximum Gasteiger partial charge on any atom is 0.00385 e. The molecule has 0 aromatic carbocycles. The van der Waals surface area contributed by atoms with E-state index in [1.807, 2.05) is 0 Å².